The van der Waals surface area contributed by atoms with Crippen LogP contribution in [-0.2, 0) is 0 Å². The number of benzene rings is 1. The highest BCUT2D eigenvalue weighted by atomic mass is 16.3. The van der Waals surface area contributed by atoms with E-state index in [1.54, 1.807) is 13.0 Å². The van der Waals surface area contributed by atoms with Crippen molar-refractivity contribution in [3.05, 3.63) is 29.3 Å². The normalized spacial score (nSPS) is 24.2. The van der Waals surface area contributed by atoms with Crippen LogP contribution in [0.3, 0.4) is 0 Å². The van der Waals surface area contributed by atoms with Crippen molar-refractivity contribution in [2.75, 3.05) is 31.1 Å². The third-order valence-electron chi connectivity index (χ3n) is 4.75. The van der Waals surface area contributed by atoms with Gasteiger partial charge < -0.3 is 10.0 Å². The van der Waals surface area contributed by atoms with Gasteiger partial charge in [0.2, 0.25) is 0 Å². The van der Waals surface area contributed by atoms with Crippen molar-refractivity contribution in [2.24, 2.45) is 0 Å². The molecule has 21 heavy (non-hydrogen) atoms. The molecule has 0 bridgehead atoms. The molecule has 2 saturated heterocycles. The van der Waals surface area contributed by atoms with Crippen LogP contribution in [0.1, 0.15) is 43.4 Å². The largest absolute Gasteiger partial charge is 0.389 e. The van der Waals surface area contributed by atoms with Crippen LogP contribution in [0.2, 0.25) is 0 Å². The van der Waals surface area contributed by atoms with Gasteiger partial charge >= 0.3 is 0 Å². The van der Waals surface area contributed by atoms with Crippen molar-refractivity contribution in [3.63, 3.8) is 0 Å². The van der Waals surface area contributed by atoms with E-state index in [0.29, 0.717) is 11.6 Å². The number of nitriles is 1. The van der Waals surface area contributed by atoms with Crippen molar-refractivity contribution in [3.8, 4) is 6.07 Å². The van der Waals surface area contributed by atoms with Crippen molar-refractivity contribution in [2.45, 2.75) is 38.3 Å². The van der Waals surface area contributed by atoms with E-state index in [9.17, 15) is 5.11 Å². The Kier molecular flexibility index (Phi) is 4.14. The van der Waals surface area contributed by atoms with E-state index >= 15 is 0 Å². The Balaban J connectivity index is 1.92. The quantitative estimate of drug-likeness (QED) is 0.906. The lowest BCUT2D eigenvalue weighted by molar-refractivity contribution is 0.199. The van der Waals surface area contributed by atoms with E-state index in [-0.39, 0.29) is 0 Å². The molecule has 4 heteroatoms. The number of nitrogens with zero attached hydrogens (tertiary/aromatic N) is 3. The highest BCUT2D eigenvalue weighted by Crippen LogP contribution is 2.31. The highest BCUT2D eigenvalue weighted by molar-refractivity contribution is 5.58. The molecule has 1 aromatic rings. The number of aliphatic hydroxyl groups is 1. The van der Waals surface area contributed by atoms with Gasteiger partial charge in [-0.3, -0.25) is 4.90 Å². The lowest BCUT2D eigenvalue weighted by Gasteiger charge is -2.29. The summed E-state index contributed by atoms with van der Waals surface area (Å²) >= 11 is 0. The summed E-state index contributed by atoms with van der Waals surface area (Å²) in [6, 6.07) is 8.47. The fourth-order valence-corrected chi connectivity index (χ4v) is 3.67. The van der Waals surface area contributed by atoms with Crippen molar-refractivity contribution in [1.82, 2.24) is 4.90 Å². The molecule has 2 atom stereocenters. The summed E-state index contributed by atoms with van der Waals surface area (Å²) in [4.78, 5) is 4.97. The van der Waals surface area contributed by atoms with Crippen LogP contribution >= 0.6 is 0 Å². The summed E-state index contributed by atoms with van der Waals surface area (Å²) in [5, 5.41) is 19.2. The second-order valence-electron chi connectivity index (χ2n) is 6.19. The van der Waals surface area contributed by atoms with Crippen LogP contribution in [0.5, 0.6) is 0 Å². The molecule has 1 unspecified atom stereocenters. The molecule has 1 aromatic carbocycles. The fraction of sp³-hybridized carbons (Fsp3) is 0.588. The van der Waals surface area contributed by atoms with Crippen molar-refractivity contribution in [1.29, 1.82) is 5.26 Å². The van der Waals surface area contributed by atoms with Gasteiger partial charge in [0, 0.05) is 36.9 Å². The zero-order valence-electron chi connectivity index (χ0n) is 12.6. The molecule has 2 aliphatic rings. The van der Waals surface area contributed by atoms with E-state index in [1.807, 2.05) is 12.1 Å². The summed E-state index contributed by atoms with van der Waals surface area (Å²) in [7, 11) is 0. The second kappa shape index (κ2) is 6.05. The Morgan fingerprint density at radius 1 is 1.29 bits per heavy atom. The minimum atomic E-state index is -0.504. The van der Waals surface area contributed by atoms with Gasteiger partial charge in [0.05, 0.1) is 17.7 Å². The summed E-state index contributed by atoms with van der Waals surface area (Å²) in [5.41, 5.74) is 2.64. The number of rotatable bonds is 2. The molecule has 0 aliphatic carbocycles. The maximum Gasteiger partial charge on any atom is 0.0992 e. The Bertz CT molecular complexity index is 549. The Morgan fingerprint density at radius 2 is 2.10 bits per heavy atom. The number of hydrogen-bond acceptors (Lipinski definition) is 4. The first-order valence-corrected chi connectivity index (χ1v) is 7.90. The Labute approximate surface area is 126 Å². The molecule has 112 valence electrons. The Morgan fingerprint density at radius 3 is 2.86 bits per heavy atom. The standard InChI is InChI=1S/C17H23N3O/c1-13(21)16-6-5-14(11-18)10-17(16)20-9-3-8-19-7-2-4-15(19)12-20/h5-6,10,13,15,21H,2-4,7-9,12H2,1H3/t13-,15?/m0/s1. The van der Waals surface area contributed by atoms with Gasteiger partial charge in [-0.15, -0.1) is 0 Å². The van der Waals surface area contributed by atoms with Gasteiger partial charge in [-0.1, -0.05) is 6.07 Å². The average Bonchev–Trinajstić information content (AvgIpc) is 2.83. The zero-order valence-corrected chi connectivity index (χ0v) is 12.6. The summed E-state index contributed by atoms with van der Waals surface area (Å²) in [6.07, 6.45) is 3.20. The first-order chi connectivity index (χ1) is 10.2. The molecule has 0 spiro atoms. The third-order valence-corrected chi connectivity index (χ3v) is 4.75. The minimum Gasteiger partial charge on any atom is -0.389 e. The van der Waals surface area contributed by atoms with Crippen molar-refractivity contribution >= 4 is 5.69 Å². The molecule has 2 heterocycles. The van der Waals surface area contributed by atoms with Crippen LogP contribution in [0.15, 0.2) is 18.2 Å². The van der Waals surface area contributed by atoms with Crippen LogP contribution < -0.4 is 4.90 Å². The van der Waals surface area contributed by atoms with Crippen molar-refractivity contribution < 1.29 is 5.11 Å². The zero-order chi connectivity index (χ0) is 14.8. The SMILES string of the molecule is C[C@H](O)c1ccc(C#N)cc1N1CCCN2CCCC2C1. The summed E-state index contributed by atoms with van der Waals surface area (Å²) < 4.78 is 0. The predicted molar refractivity (Wildman–Crippen MR) is 83.2 cm³/mol. The molecule has 2 aliphatic heterocycles. The molecule has 3 rings (SSSR count). The first kappa shape index (κ1) is 14.4. The molecular formula is C17H23N3O. The number of hydrogen-bond donors (Lipinski definition) is 1. The second-order valence-corrected chi connectivity index (χ2v) is 6.19. The van der Waals surface area contributed by atoms with Gasteiger partial charge in [0.1, 0.15) is 0 Å². The molecule has 4 nitrogen and oxygen atoms in total. The molecule has 1 N–H and O–H groups in total. The fourth-order valence-electron chi connectivity index (χ4n) is 3.67. The molecule has 0 saturated carbocycles. The molecule has 2 fully saturated rings. The molecule has 0 radical (unpaired) electrons. The predicted octanol–water partition coefficient (Wildman–Crippen LogP) is 2.29. The van der Waals surface area contributed by atoms with E-state index in [2.05, 4.69) is 15.9 Å². The maximum atomic E-state index is 10.0. The number of aliphatic hydroxyl groups excluding tert-OH is 1. The van der Waals surface area contributed by atoms with E-state index < -0.39 is 6.10 Å². The van der Waals surface area contributed by atoms with Crippen LogP contribution in [-0.4, -0.2) is 42.2 Å². The monoisotopic (exact) mass is 285 g/mol. The van der Waals surface area contributed by atoms with Crippen LogP contribution in [0, 0.1) is 11.3 Å². The minimum absolute atomic E-state index is 0.504. The molecular weight excluding hydrogens is 262 g/mol. The third kappa shape index (κ3) is 2.90. The van der Waals surface area contributed by atoms with E-state index in [1.165, 1.54) is 25.9 Å². The average molecular weight is 285 g/mol. The highest BCUT2D eigenvalue weighted by Gasteiger charge is 2.29. The summed E-state index contributed by atoms with van der Waals surface area (Å²) in [6.45, 7) is 6.20. The number of fused-ring (bicyclic) bond motifs is 1. The molecule has 0 amide bonds. The van der Waals surface area contributed by atoms with E-state index in [0.717, 1.165) is 30.8 Å². The molecule has 0 aromatic heterocycles. The van der Waals surface area contributed by atoms with Gasteiger partial charge in [-0.25, -0.2) is 0 Å². The van der Waals surface area contributed by atoms with Crippen LogP contribution in [0.25, 0.3) is 0 Å². The number of anilines is 1. The maximum absolute atomic E-state index is 10.0. The van der Waals surface area contributed by atoms with Gasteiger partial charge in [-0.05, 0) is 44.9 Å². The lowest BCUT2D eigenvalue weighted by atomic mass is 10.0. The van der Waals surface area contributed by atoms with Gasteiger partial charge in [0.15, 0.2) is 0 Å². The lowest BCUT2D eigenvalue weighted by Crippen LogP contribution is -2.37. The Hall–Kier alpha value is -1.57. The smallest absolute Gasteiger partial charge is 0.0992 e. The first-order valence-electron chi connectivity index (χ1n) is 7.90. The van der Waals surface area contributed by atoms with E-state index in [4.69, 9.17) is 5.26 Å². The summed E-state index contributed by atoms with van der Waals surface area (Å²) in [5.74, 6) is 0. The topological polar surface area (TPSA) is 50.5 Å². The van der Waals surface area contributed by atoms with Crippen LogP contribution in [0.4, 0.5) is 5.69 Å². The van der Waals surface area contributed by atoms with Gasteiger partial charge in [-0.2, -0.15) is 5.26 Å². The van der Waals surface area contributed by atoms with Gasteiger partial charge in [0.25, 0.3) is 0 Å².